The maximum Gasteiger partial charge on any atom is 0.490 e. The van der Waals surface area contributed by atoms with E-state index >= 15 is 0 Å². The number of hydrogen-bond donors (Lipinski definition) is 3. The predicted octanol–water partition coefficient (Wildman–Crippen LogP) is 4.05. The molecule has 21 heteroatoms. The van der Waals surface area contributed by atoms with Gasteiger partial charge in [-0.2, -0.15) is 44.6 Å². The normalized spacial score (nSPS) is 19.7. The van der Waals surface area contributed by atoms with Gasteiger partial charge < -0.3 is 24.8 Å². The summed E-state index contributed by atoms with van der Waals surface area (Å²) in [5.41, 5.74) is 2.44. The molecule has 3 N–H and O–H groups in total. The molecule has 0 saturated carbocycles. The van der Waals surface area contributed by atoms with Gasteiger partial charge in [0, 0.05) is 50.3 Å². The van der Waals surface area contributed by atoms with Crippen molar-refractivity contribution in [2.24, 2.45) is 7.05 Å². The zero-order chi connectivity index (χ0) is 35.3. The fourth-order valence-corrected chi connectivity index (χ4v) is 3.98. The Balaban J connectivity index is 0.000000413. The molecule has 2 aliphatic heterocycles. The highest BCUT2D eigenvalue weighted by molar-refractivity contribution is 5.73. The van der Waals surface area contributed by atoms with Crippen molar-refractivity contribution in [3.63, 3.8) is 0 Å². The third kappa shape index (κ3) is 15.3. The van der Waals surface area contributed by atoms with E-state index in [0.29, 0.717) is 25.4 Å². The zero-order valence-electron chi connectivity index (χ0n) is 23.7. The molecule has 2 aliphatic rings. The lowest BCUT2D eigenvalue weighted by atomic mass is 9.99. The van der Waals surface area contributed by atoms with Crippen LogP contribution in [0, 0.1) is 0 Å². The number of nitrogens with zero attached hydrogens (tertiary/aromatic N) is 4. The number of carbonyl (C=O) groups is 3. The first-order chi connectivity index (χ1) is 21.1. The molecule has 12 nitrogen and oxygen atoms in total. The fraction of sp³-hybridized carbons (Fsp3) is 0.560. The highest BCUT2D eigenvalue weighted by Gasteiger charge is 2.41. The van der Waals surface area contributed by atoms with Crippen LogP contribution in [-0.2, 0) is 44.1 Å². The number of carboxylic acids is 3. The molecule has 0 radical (unpaired) electrons. The summed E-state index contributed by atoms with van der Waals surface area (Å²) >= 11 is 0. The maximum atomic E-state index is 10.6. The Hall–Kier alpha value is -3.98. The van der Waals surface area contributed by atoms with Gasteiger partial charge >= 0.3 is 36.4 Å². The van der Waals surface area contributed by atoms with Crippen LogP contribution < -0.4 is 0 Å². The first-order valence-corrected chi connectivity index (χ1v) is 12.8. The fourth-order valence-electron chi connectivity index (χ4n) is 3.98. The van der Waals surface area contributed by atoms with Crippen LogP contribution in [0.2, 0.25) is 0 Å². The Bertz CT molecular complexity index is 1180. The average Bonchev–Trinajstić information content (AvgIpc) is 3.54. The molecule has 0 spiro atoms. The molecule has 2 saturated heterocycles. The molecular weight excluding hydrogens is 655 g/mol. The number of rotatable bonds is 6. The second-order valence-corrected chi connectivity index (χ2v) is 9.50. The average molecular weight is 685 g/mol. The van der Waals surface area contributed by atoms with Crippen molar-refractivity contribution in [2.75, 3.05) is 13.2 Å². The van der Waals surface area contributed by atoms with Crippen LogP contribution in [0.15, 0.2) is 36.9 Å². The first kappa shape index (κ1) is 40.0. The highest BCUT2D eigenvalue weighted by Crippen LogP contribution is 2.32. The third-order valence-electron chi connectivity index (χ3n) is 5.94. The summed E-state index contributed by atoms with van der Waals surface area (Å²) in [7, 11) is 1.97. The van der Waals surface area contributed by atoms with Gasteiger partial charge in [0.05, 0.1) is 31.6 Å². The van der Waals surface area contributed by atoms with Crippen molar-refractivity contribution in [3.05, 3.63) is 48.0 Å². The van der Waals surface area contributed by atoms with E-state index in [-0.39, 0.29) is 6.10 Å². The number of halogens is 9. The van der Waals surface area contributed by atoms with E-state index in [1.807, 2.05) is 30.1 Å². The molecular formula is C25H29F9N4O8. The molecule has 46 heavy (non-hydrogen) atoms. The van der Waals surface area contributed by atoms with Gasteiger partial charge in [-0.05, 0) is 37.0 Å². The highest BCUT2D eigenvalue weighted by atomic mass is 19.4. The SMILES string of the molecule is Cn1cc(CN2CC[C@@H]3O[C@@H](COCc4ccncc4)CC[C@@H]32)cn1.O=C(O)C(F)(F)F.O=C(O)C(F)(F)F.O=C(O)C(F)(F)F. The van der Waals surface area contributed by atoms with Gasteiger partial charge in [-0.25, -0.2) is 14.4 Å². The second-order valence-electron chi connectivity index (χ2n) is 9.50. The van der Waals surface area contributed by atoms with Gasteiger partial charge in [0.15, 0.2) is 0 Å². The minimum absolute atomic E-state index is 0.224. The summed E-state index contributed by atoms with van der Waals surface area (Å²) in [6.07, 6.45) is -3.63. The van der Waals surface area contributed by atoms with Gasteiger partial charge in [0.1, 0.15) is 0 Å². The van der Waals surface area contributed by atoms with Gasteiger partial charge in [0.25, 0.3) is 0 Å². The van der Waals surface area contributed by atoms with E-state index in [1.54, 1.807) is 12.4 Å². The lowest BCUT2D eigenvalue weighted by molar-refractivity contribution is -0.193. The van der Waals surface area contributed by atoms with Crippen molar-refractivity contribution in [1.29, 1.82) is 0 Å². The van der Waals surface area contributed by atoms with Crippen molar-refractivity contribution >= 4 is 17.9 Å². The molecule has 0 aliphatic carbocycles. The molecule has 0 bridgehead atoms. The lowest BCUT2D eigenvalue weighted by Crippen LogP contribution is -2.43. The topological polar surface area (TPSA) is 164 Å². The summed E-state index contributed by atoms with van der Waals surface area (Å²) in [6, 6.07) is 4.52. The number of alkyl halides is 9. The van der Waals surface area contributed by atoms with Crippen molar-refractivity contribution in [1.82, 2.24) is 19.7 Å². The summed E-state index contributed by atoms with van der Waals surface area (Å²) < 4.78 is 109. The van der Waals surface area contributed by atoms with Crippen molar-refractivity contribution in [2.45, 2.75) is 69.2 Å². The van der Waals surface area contributed by atoms with E-state index < -0.39 is 36.4 Å². The largest absolute Gasteiger partial charge is 0.490 e. The number of aromatic nitrogens is 3. The molecule has 4 rings (SSSR count). The second kappa shape index (κ2) is 17.6. The van der Waals surface area contributed by atoms with Crippen LogP contribution in [0.1, 0.15) is 30.4 Å². The predicted molar refractivity (Wildman–Crippen MR) is 135 cm³/mol. The number of hydrogen-bond acceptors (Lipinski definition) is 8. The number of fused-ring (bicyclic) bond motifs is 1. The third-order valence-corrected chi connectivity index (χ3v) is 5.94. The maximum absolute atomic E-state index is 10.6. The standard InChI is InChI=1S/C19H26N4O2.3C2HF3O2/c1-22-11-16(10-21-22)12-23-9-6-19-18(23)3-2-17(25-19)14-24-13-15-4-7-20-8-5-15;3*3-2(4,5)1(6)7/h4-5,7-8,10-11,17-19H,2-3,6,9,12-14H2,1H3;3*(H,6,7)/t17-,18+,19+;;;/m1.../s1. The van der Waals surface area contributed by atoms with Gasteiger partial charge in [-0.3, -0.25) is 14.6 Å². The molecule has 2 aromatic rings. The quantitative estimate of drug-likeness (QED) is 0.376. The van der Waals surface area contributed by atoms with E-state index in [4.69, 9.17) is 39.2 Å². The number of aliphatic carboxylic acids is 3. The Morgan fingerprint density at radius 1 is 0.870 bits per heavy atom. The summed E-state index contributed by atoms with van der Waals surface area (Å²) in [4.78, 5) is 33.3. The molecule has 3 atom stereocenters. The number of pyridine rings is 1. The number of carboxylic acid groups (broad SMARTS) is 3. The molecule has 0 aromatic carbocycles. The van der Waals surface area contributed by atoms with Crippen LogP contribution in [-0.4, -0.2) is 103 Å². The summed E-state index contributed by atoms with van der Waals surface area (Å²) in [5.74, 6) is -8.27. The van der Waals surface area contributed by atoms with E-state index in [0.717, 1.165) is 31.5 Å². The van der Waals surface area contributed by atoms with Gasteiger partial charge in [-0.15, -0.1) is 0 Å². The monoisotopic (exact) mass is 684 g/mol. The Labute approximate surface area is 254 Å². The van der Waals surface area contributed by atoms with Crippen LogP contribution in [0.4, 0.5) is 39.5 Å². The van der Waals surface area contributed by atoms with Gasteiger partial charge in [-0.1, -0.05) is 0 Å². The van der Waals surface area contributed by atoms with Crippen LogP contribution in [0.25, 0.3) is 0 Å². The van der Waals surface area contributed by atoms with E-state index in [9.17, 15) is 39.5 Å². The molecule has 2 fully saturated rings. The van der Waals surface area contributed by atoms with Crippen molar-refractivity contribution in [3.8, 4) is 0 Å². The number of likely N-dealkylation sites (tertiary alicyclic amines) is 1. The van der Waals surface area contributed by atoms with E-state index in [1.165, 1.54) is 12.0 Å². The molecule has 260 valence electrons. The summed E-state index contributed by atoms with van der Waals surface area (Å²) in [6.45, 7) is 3.38. The Morgan fingerprint density at radius 3 is 1.80 bits per heavy atom. The van der Waals surface area contributed by atoms with Crippen LogP contribution in [0.3, 0.4) is 0 Å². The Kier molecular flexibility index (Phi) is 15.4. The molecule has 4 heterocycles. The van der Waals surface area contributed by atoms with Crippen molar-refractivity contribution < 1.29 is 78.7 Å². The lowest BCUT2D eigenvalue weighted by Gasteiger charge is -2.35. The molecule has 0 unspecified atom stereocenters. The Morgan fingerprint density at radius 2 is 1.37 bits per heavy atom. The van der Waals surface area contributed by atoms with Gasteiger partial charge in [0.2, 0.25) is 0 Å². The van der Waals surface area contributed by atoms with Crippen LogP contribution >= 0.6 is 0 Å². The van der Waals surface area contributed by atoms with E-state index in [2.05, 4.69) is 21.2 Å². The number of ether oxygens (including phenoxy) is 2. The zero-order valence-corrected chi connectivity index (χ0v) is 23.7. The summed E-state index contributed by atoms with van der Waals surface area (Å²) in [5, 5.41) is 25.6. The minimum Gasteiger partial charge on any atom is -0.475 e. The minimum atomic E-state index is -5.08. The molecule has 2 aromatic heterocycles. The number of aryl methyl sites for hydroxylation is 1. The first-order valence-electron chi connectivity index (χ1n) is 12.8. The molecule has 0 amide bonds. The smallest absolute Gasteiger partial charge is 0.475 e. The van der Waals surface area contributed by atoms with Crippen LogP contribution in [0.5, 0.6) is 0 Å².